The van der Waals surface area contributed by atoms with Crippen LogP contribution in [0.2, 0.25) is 0 Å². The first-order valence-electron chi connectivity index (χ1n) is 28.5. The number of nitrogens with one attached hydrogen (secondary N) is 1. The minimum atomic E-state index is -1.74. The summed E-state index contributed by atoms with van der Waals surface area (Å²) in [5, 5.41) is 9.51. The van der Waals surface area contributed by atoms with Gasteiger partial charge in [-0.25, -0.2) is 14.4 Å². The predicted molar refractivity (Wildman–Crippen MR) is 322 cm³/mol. The van der Waals surface area contributed by atoms with Crippen molar-refractivity contribution in [2.24, 2.45) is 0 Å². The van der Waals surface area contributed by atoms with E-state index in [1.54, 1.807) is 26.6 Å². The van der Waals surface area contributed by atoms with Crippen LogP contribution in [0.15, 0.2) is 162 Å². The molecule has 7 aromatic rings. The molecule has 1 unspecified atom stereocenters. The number of piperazine rings is 1. The average Bonchev–Trinajstić information content (AvgIpc) is 2.45. The Balaban J connectivity index is 0.987. The fourth-order valence-corrected chi connectivity index (χ4v) is 11.8. The van der Waals surface area contributed by atoms with Crippen molar-refractivity contribution in [3.05, 3.63) is 190 Å². The summed E-state index contributed by atoms with van der Waals surface area (Å²) in [4.78, 5) is 60.4. The average molecular weight is 1160 g/mol. The number of methoxy groups -OCH3 is 2. The summed E-state index contributed by atoms with van der Waals surface area (Å²) < 4.78 is 48.7. The molecule has 442 valence electrons. The molecular weight excluding hydrogens is 1090 g/mol. The maximum Gasteiger partial charge on any atom is 0.330 e. The van der Waals surface area contributed by atoms with Gasteiger partial charge in [0.2, 0.25) is 5.91 Å². The van der Waals surface area contributed by atoms with E-state index in [-0.39, 0.29) is 50.8 Å². The maximum atomic E-state index is 13.9. The topological polar surface area (TPSA) is 209 Å². The third-order valence-electron chi connectivity index (χ3n) is 14.3. The Morgan fingerprint density at radius 1 is 0.690 bits per heavy atom. The van der Waals surface area contributed by atoms with Crippen molar-refractivity contribution < 1.29 is 37.5 Å². The highest BCUT2D eigenvalue weighted by Crippen LogP contribution is 2.47. The highest BCUT2D eigenvalue weighted by atomic mass is 31.2. The quantitative estimate of drug-likeness (QED) is 0.0244. The zero-order chi connectivity index (χ0) is 59.3. The van der Waals surface area contributed by atoms with Gasteiger partial charge in [0, 0.05) is 88.0 Å². The Bertz CT molecular complexity index is 3180. The second-order valence-corrected chi connectivity index (χ2v) is 22.2. The molecule has 5 heterocycles. The van der Waals surface area contributed by atoms with Crippen molar-refractivity contribution in [1.82, 2.24) is 39.0 Å². The van der Waals surface area contributed by atoms with E-state index in [1.807, 2.05) is 132 Å². The molecule has 20 heteroatoms. The fourth-order valence-electron chi connectivity index (χ4n) is 10.1. The van der Waals surface area contributed by atoms with Gasteiger partial charge in [0.25, 0.3) is 14.1 Å². The van der Waals surface area contributed by atoms with Gasteiger partial charge in [-0.15, -0.1) is 0 Å². The molecule has 1 N–H and O–H groups in total. The van der Waals surface area contributed by atoms with Crippen LogP contribution in [0.4, 0.5) is 0 Å². The van der Waals surface area contributed by atoms with E-state index in [9.17, 15) is 19.6 Å². The molecule has 4 aromatic heterocycles. The van der Waals surface area contributed by atoms with Crippen molar-refractivity contribution in [1.29, 1.82) is 5.26 Å². The highest BCUT2D eigenvalue weighted by Gasteiger charge is 2.40. The summed E-state index contributed by atoms with van der Waals surface area (Å²) in [5.74, 6) is 2.08. The Morgan fingerprint density at radius 2 is 1.29 bits per heavy atom. The van der Waals surface area contributed by atoms with Crippen molar-refractivity contribution in [2.75, 3.05) is 73.4 Å². The highest BCUT2D eigenvalue weighted by molar-refractivity contribution is 7.44. The molecule has 0 spiro atoms. The number of carbonyl (C=O) groups is 1. The number of ether oxygens (including phenoxy) is 5. The van der Waals surface area contributed by atoms with Gasteiger partial charge < -0.3 is 37.6 Å². The largest absolute Gasteiger partial charge is 0.497 e. The fraction of sp³-hybridized carbons (Fsp3) is 0.391. The maximum absolute atomic E-state index is 13.9. The van der Waals surface area contributed by atoms with Crippen LogP contribution in [-0.4, -0.2) is 136 Å². The van der Waals surface area contributed by atoms with E-state index in [0.717, 1.165) is 40.9 Å². The van der Waals surface area contributed by atoms with Gasteiger partial charge in [-0.3, -0.25) is 34.0 Å². The smallest absolute Gasteiger partial charge is 0.330 e. The van der Waals surface area contributed by atoms with E-state index < -0.39 is 37.7 Å². The summed E-state index contributed by atoms with van der Waals surface area (Å²) >= 11 is 0. The van der Waals surface area contributed by atoms with Crippen LogP contribution in [-0.2, 0) is 28.9 Å². The Labute approximate surface area is 493 Å². The van der Waals surface area contributed by atoms with Crippen molar-refractivity contribution in [2.45, 2.75) is 89.8 Å². The minimum Gasteiger partial charge on any atom is -0.497 e. The van der Waals surface area contributed by atoms with Crippen LogP contribution in [0.3, 0.4) is 0 Å². The zero-order valence-corrected chi connectivity index (χ0v) is 49.6. The molecule has 1 saturated heterocycles. The summed E-state index contributed by atoms with van der Waals surface area (Å²) in [6, 6.07) is 44.0. The van der Waals surface area contributed by atoms with Crippen LogP contribution in [0, 0.1) is 11.3 Å². The third-order valence-corrected chi connectivity index (χ3v) is 16.4. The lowest BCUT2D eigenvalue weighted by molar-refractivity contribution is -0.138. The van der Waals surface area contributed by atoms with Gasteiger partial charge in [-0.05, 0) is 112 Å². The van der Waals surface area contributed by atoms with E-state index in [0.29, 0.717) is 74.3 Å². The molecule has 1 amide bonds. The molecule has 84 heavy (non-hydrogen) atoms. The van der Waals surface area contributed by atoms with Crippen LogP contribution in [0.25, 0.3) is 22.8 Å². The number of aromatic amines is 1. The number of hydrogen-bond acceptors (Lipinski definition) is 16. The van der Waals surface area contributed by atoms with Gasteiger partial charge in [0.05, 0.1) is 75.9 Å². The molecule has 3 atom stereocenters. The Hall–Kier alpha value is -7.66. The van der Waals surface area contributed by atoms with Crippen LogP contribution in [0.5, 0.6) is 17.2 Å². The molecule has 19 nitrogen and oxygen atoms in total. The molecule has 8 rings (SSSR count). The van der Waals surface area contributed by atoms with Crippen LogP contribution >= 0.6 is 8.53 Å². The van der Waals surface area contributed by atoms with E-state index >= 15 is 0 Å². The first kappa shape index (κ1) is 62.4. The second kappa shape index (κ2) is 31.3. The van der Waals surface area contributed by atoms with Crippen molar-refractivity contribution in [3.8, 4) is 46.1 Å². The van der Waals surface area contributed by atoms with E-state index in [2.05, 4.69) is 58.3 Å². The SMILES string of the molecule is COc1ccc(C(OC[C@H](COP(OCCC#N)N(C(C)C)C(C)C)O[C@H](CN2CCN(C(=O)CCCCCOc3cc(-c4ccccn4)nc(-c4ccccn4)c3)CC2)n2ccc(=O)[nH]c2=O)(c2ccccc2)c2ccc(OC)cc2)cc1. The first-order chi connectivity index (χ1) is 40.9. The predicted octanol–water partition coefficient (Wildman–Crippen LogP) is 10.0. The summed E-state index contributed by atoms with van der Waals surface area (Å²) in [6.45, 7) is 10.9. The lowest BCUT2D eigenvalue weighted by Gasteiger charge is -2.40. The number of carbonyl (C=O) groups excluding carboxylic acids is 1. The minimum absolute atomic E-state index is 0.0150. The van der Waals surface area contributed by atoms with Gasteiger partial charge in [0.15, 0.2) is 6.23 Å². The monoisotopic (exact) mass is 1160 g/mol. The summed E-state index contributed by atoms with van der Waals surface area (Å²) in [6.07, 6.45) is 5.87. The number of rotatable bonds is 31. The molecular formula is C64H76N9O10P. The number of H-pyrrole nitrogens is 1. The van der Waals surface area contributed by atoms with E-state index in [4.69, 9.17) is 37.7 Å². The second-order valence-electron chi connectivity index (χ2n) is 20.7. The number of unbranched alkanes of at least 4 members (excludes halogenated alkanes) is 2. The van der Waals surface area contributed by atoms with Gasteiger partial charge >= 0.3 is 5.69 Å². The number of benzene rings is 3. The number of nitriles is 1. The first-order valence-corrected chi connectivity index (χ1v) is 29.7. The standard InChI is InChI=1S/C64H76N9O10P/c1-47(2)73(48(3)4)84(81-41-17-32-65)82-46-55(45-80-64(49-18-9-7-10-19-49,50-23-27-52(77-5)28-24-50)51-25-29-53(78-6)30-26-51)83-62(72-35-31-60(74)69-63(72)76)44-70-36-38-71(39-37-70)61(75)22-11-8-16-40-79-54-42-58(56-20-12-14-33-66-56)68-59(43-54)57-21-13-15-34-67-57/h7,9-10,12-15,18-21,23-31,33-35,42-43,47-48,55,62H,8,11,16-17,22,36-41,44-46H2,1-6H3,(H,69,74,76)/t55-,62-,84?/m1/s1. The van der Waals surface area contributed by atoms with Crippen molar-refractivity contribution in [3.63, 3.8) is 0 Å². The molecule has 0 saturated carbocycles. The van der Waals surface area contributed by atoms with Crippen LogP contribution in [0.1, 0.15) is 82.7 Å². The Kier molecular flexibility index (Phi) is 23.2. The van der Waals surface area contributed by atoms with Gasteiger partial charge in [0.1, 0.15) is 29.0 Å². The molecule has 0 aliphatic carbocycles. The number of aromatic nitrogens is 5. The van der Waals surface area contributed by atoms with Crippen LogP contribution < -0.4 is 25.5 Å². The third kappa shape index (κ3) is 16.8. The lowest BCUT2D eigenvalue weighted by Crippen LogP contribution is -2.51. The summed E-state index contributed by atoms with van der Waals surface area (Å²) in [5.41, 5.74) is 2.83. The Morgan fingerprint density at radius 3 is 1.83 bits per heavy atom. The lowest BCUT2D eigenvalue weighted by atomic mass is 9.80. The molecule has 3 aromatic carbocycles. The van der Waals surface area contributed by atoms with Gasteiger partial charge in [-0.1, -0.05) is 66.7 Å². The molecule has 0 radical (unpaired) electrons. The molecule has 1 aliphatic rings. The number of amides is 1. The number of hydrogen-bond donors (Lipinski definition) is 1. The van der Waals surface area contributed by atoms with Crippen molar-refractivity contribution >= 4 is 14.4 Å². The van der Waals surface area contributed by atoms with E-state index in [1.165, 1.54) is 16.8 Å². The molecule has 1 aliphatic heterocycles. The number of pyridine rings is 3. The van der Waals surface area contributed by atoms with Gasteiger partial charge in [-0.2, -0.15) is 5.26 Å². The molecule has 0 bridgehead atoms. The summed E-state index contributed by atoms with van der Waals surface area (Å²) in [7, 11) is 1.50. The zero-order valence-electron chi connectivity index (χ0n) is 48.8. The molecule has 1 fully saturated rings. The normalized spacial score (nSPS) is 14.1. The number of nitrogens with zero attached hydrogens (tertiary/aromatic N) is 8.